The van der Waals surface area contributed by atoms with E-state index in [1.165, 1.54) is 16.7 Å². The van der Waals surface area contributed by atoms with Gasteiger partial charge in [0.25, 0.3) is 0 Å². The van der Waals surface area contributed by atoms with Crippen LogP contribution in [0.3, 0.4) is 0 Å². The average molecular weight is 385 g/mol. The summed E-state index contributed by atoms with van der Waals surface area (Å²) in [7, 11) is 0. The Labute approximate surface area is 170 Å². The summed E-state index contributed by atoms with van der Waals surface area (Å²) >= 11 is 0. The molecule has 0 aliphatic carbocycles. The van der Waals surface area contributed by atoms with Gasteiger partial charge in [0.15, 0.2) is 5.82 Å². The lowest BCUT2D eigenvalue weighted by Crippen LogP contribution is -2.43. The third-order valence-corrected chi connectivity index (χ3v) is 5.27. The Morgan fingerprint density at radius 2 is 1.93 bits per heavy atom. The van der Waals surface area contributed by atoms with Gasteiger partial charge >= 0.3 is 6.03 Å². The van der Waals surface area contributed by atoms with E-state index in [1.807, 2.05) is 29.2 Å². The van der Waals surface area contributed by atoms with Crippen molar-refractivity contribution in [3.63, 3.8) is 0 Å². The van der Waals surface area contributed by atoms with Crippen molar-refractivity contribution in [1.29, 1.82) is 5.26 Å². The summed E-state index contributed by atoms with van der Waals surface area (Å²) in [6, 6.07) is 22.3. The van der Waals surface area contributed by atoms with Crippen LogP contribution in [0.25, 0.3) is 0 Å². The Hall–Kier alpha value is -3.59. The zero-order valence-corrected chi connectivity index (χ0v) is 16.2. The number of hydrogen-bond donors (Lipinski definition) is 1. The fourth-order valence-corrected chi connectivity index (χ4v) is 3.85. The van der Waals surface area contributed by atoms with Gasteiger partial charge in [-0.3, -0.25) is 10.00 Å². The Kier molecular flexibility index (Phi) is 5.57. The highest BCUT2D eigenvalue weighted by atomic mass is 16.2. The summed E-state index contributed by atoms with van der Waals surface area (Å²) in [5, 5.41) is 16.0. The number of hydrogen-bond acceptors (Lipinski definition) is 3. The van der Waals surface area contributed by atoms with Gasteiger partial charge in [-0.2, -0.15) is 10.4 Å². The van der Waals surface area contributed by atoms with Gasteiger partial charge in [0.2, 0.25) is 0 Å². The molecule has 1 aromatic heterocycles. The predicted molar refractivity (Wildman–Crippen MR) is 111 cm³/mol. The minimum absolute atomic E-state index is 0.0250. The summed E-state index contributed by atoms with van der Waals surface area (Å²) in [5.41, 5.74) is 3.71. The molecule has 0 radical (unpaired) electrons. The summed E-state index contributed by atoms with van der Waals surface area (Å²) in [4.78, 5) is 15.0. The van der Waals surface area contributed by atoms with Crippen LogP contribution in [0, 0.1) is 11.3 Å². The van der Waals surface area contributed by atoms with E-state index >= 15 is 0 Å². The molecule has 29 heavy (non-hydrogen) atoms. The highest BCUT2D eigenvalue weighted by Gasteiger charge is 2.31. The van der Waals surface area contributed by atoms with Crippen LogP contribution in [0.15, 0.2) is 66.9 Å². The molecule has 0 saturated carbocycles. The lowest BCUT2D eigenvalue weighted by molar-refractivity contribution is 0.182. The highest BCUT2D eigenvalue weighted by Crippen LogP contribution is 2.32. The number of nitriles is 1. The monoisotopic (exact) mass is 385 g/mol. The molecule has 1 aliphatic heterocycles. The molecular weight excluding hydrogens is 362 g/mol. The molecule has 0 spiro atoms. The van der Waals surface area contributed by atoms with Gasteiger partial charge in [-0.05, 0) is 29.5 Å². The minimum Gasteiger partial charge on any atom is -0.317 e. The molecule has 0 saturated heterocycles. The fraction of sp³-hybridized carbons (Fsp3) is 0.261. The first-order valence-electron chi connectivity index (χ1n) is 9.84. The van der Waals surface area contributed by atoms with Gasteiger partial charge in [-0.15, -0.1) is 0 Å². The number of carbonyl (C=O) groups excluding carboxylic acids is 1. The third-order valence-electron chi connectivity index (χ3n) is 5.27. The largest absolute Gasteiger partial charge is 0.323 e. The van der Waals surface area contributed by atoms with Crippen molar-refractivity contribution in [3.8, 4) is 6.07 Å². The second kappa shape index (κ2) is 8.61. The topological polar surface area (TPSA) is 74.0 Å². The second-order valence-corrected chi connectivity index (χ2v) is 7.15. The quantitative estimate of drug-likeness (QED) is 0.716. The molecule has 0 fully saturated rings. The van der Waals surface area contributed by atoms with Gasteiger partial charge in [0.1, 0.15) is 0 Å². The van der Waals surface area contributed by atoms with Crippen molar-refractivity contribution in [2.24, 2.45) is 0 Å². The van der Waals surface area contributed by atoms with Crippen LogP contribution in [-0.2, 0) is 19.4 Å². The molecule has 6 heteroatoms. The van der Waals surface area contributed by atoms with Crippen LogP contribution in [0.4, 0.5) is 10.6 Å². The Morgan fingerprint density at radius 1 is 1.14 bits per heavy atom. The normalized spacial score (nSPS) is 15.4. The SMILES string of the molecule is N#CCCn1ccc(NC(=O)N2CCc3ccccc3[C@H]2Cc2ccccc2)n1. The van der Waals surface area contributed by atoms with Gasteiger partial charge in [-0.1, -0.05) is 54.6 Å². The summed E-state index contributed by atoms with van der Waals surface area (Å²) in [5.74, 6) is 0.505. The minimum atomic E-state index is -0.147. The number of benzene rings is 2. The van der Waals surface area contributed by atoms with E-state index in [4.69, 9.17) is 5.26 Å². The van der Waals surface area contributed by atoms with Gasteiger partial charge < -0.3 is 4.90 Å². The molecule has 0 bridgehead atoms. The number of nitrogens with one attached hydrogen (secondary N) is 1. The predicted octanol–water partition coefficient (Wildman–Crippen LogP) is 4.17. The number of urea groups is 1. The molecule has 2 amide bonds. The van der Waals surface area contributed by atoms with E-state index in [0.29, 0.717) is 25.3 Å². The molecule has 4 rings (SSSR count). The van der Waals surface area contributed by atoms with Gasteiger partial charge in [0.05, 0.1) is 25.1 Å². The molecule has 1 atom stereocenters. The molecular formula is C23H23N5O. The van der Waals surface area contributed by atoms with E-state index in [1.54, 1.807) is 16.9 Å². The number of aromatic nitrogens is 2. The van der Waals surface area contributed by atoms with Crippen molar-refractivity contribution in [2.45, 2.75) is 31.8 Å². The van der Waals surface area contributed by atoms with Crippen molar-refractivity contribution in [3.05, 3.63) is 83.6 Å². The number of amides is 2. The zero-order valence-electron chi connectivity index (χ0n) is 16.2. The summed E-state index contributed by atoms with van der Waals surface area (Å²) < 4.78 is 1.67. The number of rotatable bonds is 5. The second-order valence-electron chi connectivity index (χ2n) is 7.15. The van der Waals surface area contributed by atoms with Crippen LogP contribution < -0.4 is 5.32 Å². The molecule has 2 heterocycles. The maximum absolute atomic E-state index is 13.1. The third kappa shape index (κ3) is 4.30. The summed E-state index contributed by atoms with van der Waals surface area (Å²) in [6.07, 6.45) is 3.77. The Morgan fingerprint density at radius 3 is 2.76 bits per heavy atom. The van der Waals surface area contributed by atoms with Crippen molar-refractivity contribution < 1.29 is 4.79 Å². The first kappa shape index (κ1) is 18.8. The van der Waals surface area contributed by atoms with Gasteiger partial charge in [-0.25, -0.2) is 4.79 Å². The van der Waals surface area contributed by atoms with E-state index in [0.717, 1.165) is 12.8 Å². The van der Waals surface area contributed by atoms with E-state index in [2.05, 4.69) is 46.8 Å². The lowest BCUT2D eigenvalue weighted by Gasteiger charge is -2.37. The summed E-state index contributed by atoms with van der Waals surface area (Å²) in [6.45, 7) is 1.18. The molecule has 0 unspecified atom stereocenters. The average Bonchev–Trinajstić information content (AvgIpc) is 3.20. The van der Waals surface area contributed by atoms with Crippen LogP contribution >= 0.6 is 0 Å². The van der Waals surface area contributed by atoms with E-state index < -0.39 is 0 Å². The fourth-order valence-electron chi connectivity index (χ4n) is 3.85. The molecule has 1 N–H and O–H groups in total. The number of fused-ring (bicyclic) bond motifs is 1. The maximum atomic E-state index is 13.1. The number of aryl methyl sites for hydroxylation is 1. The zero-order chi connectivity index (χ0) is 20.1. The van der Waals surface area contributed by atoms with E-state index in [-0.39, 0.29) is 12.1 Å². The smallest absolute Gasteiger partial charge is 0.317 e. The standard InChI is InChI=1S/C23H23N5O/c24-13-6-14-27-15-12-22(26-27)25-23(29)28-16-11-19-9-4-5-10-20(19)21(28)17-18-7-2-1-3-8-18/h1-5,7-10,12,15,21H,6,11,14,16-17H2,(H,25,26,29)/t21-/m1/s1. The van der Waals surface area contributed by atoms with Crippen LogP contribution in [-0.4, -0.2) is 27.3 Å². The van der Waals surface area contributed by atoms with Crippen LogP contribution in [0.1, 0.15) is 29.2 Å². The lowest BCUT2D eigenvalue weighted by atomic mass is 9.89. The molecule has 146 valence electrons. The molecule has 1 aliphatic rings. The Balaban J connectivity index is 1.55. The van der Waals surface area contributed by atoms with Crippen LogP contribution in [0.5, 0.6) is 0 Å². The van der Waals surface area contributed by atoms with Crippen molar-refractivity contribution >= 4 is 11.8 Å². The number of nitrogens with zero attached hydrogens (tertiary/aromatic N) is 4. The first-order valence-corrected chi connectivity index (χ1v) is 9.84. The van der Waals surface area contributed by atoms with E-state index in [9.17, 15) is 4.79 Å². The van der Waals surface area contributed by atoms with Gasteiger partial charge in [0, 0.05) is 18.8 Å². The molecule has 2 aromatic carbocycles. The Bertz CT molecular complexity index is 1020. The first-order chi connectivity index (χ1) is 14.2. The molecule has 3 aromatic rings. The number of anilines is 1. The highest BCUT2D eigenvalue weighted by molar-refractivity contribution is 5.88. The van der Waals surface area contributed by atoms with Crippen molar-refractivity contribution in [1.82, 2.24) is 14.7 Å². The number of carbonyl (C=O) groups is 1. The van der Waals surface area contributed by atoms with Crippen molar-refractivity contribution in [2.75, 3.05) is 11.9 Å². The maximum Gasteiger partial charge on any atom is 0.323 e. The van der Waals surface area contributed by atoms with Crippen LogP contribution in [0.2, 0.25) is 0 Å². The molecule has 6 nitrogen and oxygen atoms in total.